The molecule has 0 radical (unpaired) electrons. The molecule has 0 aromatic heterocycles. The molecular weight excluding hydrogens is 549 g/mol. The summed E-state index contributed by atoms with van der Waals surface area (Å²) in [5, 5.41) is 0.873. The minimum Gasteiger partial charge on any atom is -0.204 e. The van der Waals surface area contributed by atoms with Gasteiger partial charge in [-0.25, -0.2) is 13.2 Å². The standard InChI is InChI=1S/2C10H14.C9H11Cl.C9H9F3/c1-8(2)10-6-4-9(3)5-7-10;1-8(2)10-6-4-5-9(3)7-10;1-7(2)8-5-3-4-6-9(8)10;1-5(2)6-3-7(10)9(12)8(11)4-6/h2*4-8H,1-3H3;3-7H,1-2H3;3-5H,1-2H3. The molecule has 228 valence electrons. The Bertz CT molecular complexity index is 1320. The maximum absolute atomic E-state index is 12.6. The number of hydrogen-bond donors (Lipinski definition) is 0. The maximum Gasteiger partial charge on any atom is 0.194 e. The van der Waals surface area contributed by atoms with Crippen LogP contribution in [0.5, 0.6) is 0 Å². The molecule has 42 heavy (non-hydrogen) atoms. The summed E-state index contributed by atoms with van der Waals surface area (Å²) in [6, 6.07) is 27.4. The quantitative estimate of drug-likeness (QED) is 0.205. The van der Waals surface area contributed by atoms with Crippen LogP contribution in [0.4, 0.5) is 13.2 Å². The molecule has 4 rings (SSSR count). The van der Waals surface area contributed by atoms with E-state index in [1.165, 1.54) is 27.8 Å². The van der Waals surface area contributed by atoms with Crippen LogP contribution in [0.3, 0.4) is 0 Å². The van der Waals surface area contributed by atoms with Gasteiger partial charge in [-0.05, 0) is 78.0 Å². The van der Waals surface area contributed by atoms with Gasteiger partial charge in [0.15, 0.2) is 17.5 Å². The molecular formula is C38H48ClF3. The molecule has 0 bridgehead atoms. The van der Waals surface area contributed by atoms with E-state index in [0.29, 0.717) is 23.3 Å². The van der Waals surface area contributed by atoms with Crippen LogP contribution in [0.25, 0.3) is 0 Å². The molecule has 0 atom stereocenters. The lowest BCUT2D eigenvalue weighted by atomic mass is 10.0. The first kappa shape index (κ1) is 37.0. The normalized spacial score (nSPS) is 10.5. The van der Waals surface area contributed by atoms with Crippen molar-refractivity contribution >= 4 is 11.6 Å². The first-order valence-corrected chi connectivity index (χ1v) is 15.0. The lowest BCUT2D eigenvalue weighted by Gasteiger charge is -2.05. The van der Waals surface area contributed by atoms with E-state index in [4.69, 9.17) is 11.6 Å². The molecule has 0 saturated carbocycles. The third kappa shape index (κ3) is 13.3. The van der Waals surface area contributed by atoms with Gasteiger partial charge in [-0.2, -0.15) is 0 Å². The summed E-state index contributed by atoms with van der Waals surface area (Å²) in [6.07, 6.45) is 0. The number of halogens is 4. The molecule has 0 aliphatic carbocycles. The van der Waals surface area contributed by atoms with Gasteiger partial charge in [0.25, 0.3) is 0 Å². The molecule has 0 heterocycles. The van der Waals surface area contributed by atoms with E-state index < -0.39 is 17.5 Å². The number of hydrogen-bond acceptors (Lipinski definition) is 0. The van der Waals surface area contributed by atoms with Crippen molar-refractivity contribution in [3.8, 4) is 0 Å². The lowest BCUT2D eigenvalue weighted by Crippen LogP contribution is -1.95. The summed E-state index contributed by atoms with van der Waals surface area (Å²) in [7, 11) is 0. The average Bonchev–Trinajstić information content (AvgIpc) is 2.93. The minimum atomic E-state index is -1.40. The predicted molar refractivity (Wildman–Crippen MR) is 176 cm³/mol. The van der Waals surface area contributed by atoms with Crippen LogP contribution in [0.1, 0.15) is 112 Å². The first-order chi connectivity index (χ1) is 19.6. The van der Waals surface area contributed by atoms with Gasteiger partial charge < -0.3 is 0 Å². The largest absolute Gasteiger partial charge is 0.204 e. The van der Waals surface area contributed by atoms with Crippen molar-refractivity contribution in [3.63, 3.8) is 0 Å². The van der Waals surface area contributed by atoms with E-state index in [1.807, 2.05) is 18.2 Å². The highest BCUT2D eigenvalue weighted by molar-refractivity contribution is 6.31. The fourth-order valence-corrected chi connectivity index (χ4v) is 4.19. The van der Waals surface area contributed by atoms with E-state index in [-0.39, 0.29) is 5.92 Å². The molecule has 0 unspecified atom stereocenters. The third-order valence-electron chi connectivity index (χ3n) is 6.65. The SMILES string of the molecule is CC(C)c1cc(F)c(F)c(F)c1.CC(C)c1ccccc1Cl.Cc1ccc(C(C)C)cc1.Cc1cccc(C(C)C)c1. The van der Waals surface area contributed by atoms with Crippen LogP contribution in [0, 0.1) is 31.3 Å². The topological polar surface area (TPSA) is 0 Å². The highest BCUT2D eigenvalue weighted by Gasteiger charge is 2.11. The zero-order valence-electron chi connectivity index (χ0n) is 26.9. The summed E-state index contributed by atoms with van der Waals surface area (Å²) in [5.41, 5.74) is 7.23. The van der Waals surface area contributed by atoms with E-state index in [0.717, 1.165) is 17.2 Å². The van der Waals surface area contributed by atoms with Gasteiger partial charge in [0, 0.05) is 5.02 Å². The van der Waals surface area contributed by atoms with Crippen LogP contribution in [-0.4, -0.2) is 0 Å². The minimum absolute atomic E-state index is 0.00500. The van der Waals surface area contributed by atoms with Crippen molar-refractivity contribution in [2.75, 3.05) is 0 Å². The highest BCUT2D eigenvalue weighted by atomic mass is 35.5. The van der Waals surface area contributed by atoms with Crippen LogP contribution >= 0.6 is 11.6 Å². The van der Waals surface area contributed by atoms with Crippen molar-refractivity contribution in [3.05, 3.63) is 141 Å². The second-order valence-electron chi connectivity index (χ2n) is 11.8. The van der Waals surface area contributed by atoms with Crippen LogP contribution < -0.4 is 0 Å². The third-order valence-corrected chi connectivity index (χ3v) is 7.00. The van der Waals surface area contributed by atoms with Gasteiger partial charge in [-0.15, -0.1) is 0 Å². The Morgan fingerprint density at radius 1 is 0.476 bits per heavy atom. The number of benzene rings is 4. The molecule has 0 N–H and O–H groups in total. The Morgan fingerprint density at radius 3 is 1.36 bits per heavy atom. The Kier molecular flexibility index (Phi) is 16.3. The molecule has 0 aliphatic rings. The summed E-state index contributed by atoms with van der Waals surface area (Å²) in [6.45, 7) is 21.0. The molecule has 4 heteroatoms. The van der Waals surface area contributed by atoms with Crippen molar-refractivity contribution < 1.29 is 13.2 Å². The van der Waals surface area contributed by atoms with Crippen molar-refractivity contribution in [2.24, 2.45) is 0 Å². The summed E-state index contributed by atoms with van der Waals surface area (Å²) < 4.78 is 37.6. The highest BCUT2D eigenvalue weighted by Crippen LogP contribution is 2.23. The Morgan fingerprint density at radius 2 is 0.976 bits per heavy atom. The molecule has 0 saturated heterocycles. The molecule has 0 fully saturated rings. The molecule has 0 spiro atoms. The fraction of sp³-hybridized carbons (Fsp3) is 0.368. The van der Waals surface area contributed by atoms with Crippen LogP contribution in [0.15, 0.2) is 84.9 Å². The molecule has 0 aliphatic heterocycles. The van der Waals surface area contributed by atoms with Gasteiger partial charge in [-0.3, -0.25) is 0 Å². The predicted octanol–water partition coefficient (Wildman–Crippen LogP) is 12.9. The number of rotatable bonds is 4. The smallest absolute Gasteiger partial charge is 0.194 e. The summed E-state index contributed by atoms with van der Waals surface area (Å²) in [4.78, 5) is 0. The summed E-state index contributed by atoms with van der Waals surface area (Å²) in [5.74, 6) is -1.83. The zero-order valence-corrected chi connectivity index (χ0v) is 27.7. The van der Waals surface area contributed by atoms with Gasteiger partial charge >= 0.3 is 0 Å². The molecule has 4 aromatic rings. The number of aryl methyl sites for hydroxylation is 2. The van der Waals surface area contributed by atoms with Gasteiger partial charge in [0.1, 0.15) is 0 Å². The van der Waals surface area contributed by atoms with Crippen molar-refractivity contribution in [1.29, 1.82) is 0 Å². The monoisotopic (exact) mass is 596 g/mol. The Labute approximate surface area is 258 Å². The molecule has 0 amide bonds. The lowest BCUT2D eigenvalue weighted by molar-refractivity contribution is 0.444. The zero-order chi connectivity index (χ0) is 32.0. The van der Waals surface area contributed by atoms with Crippen LogP contribution in [-0.2, 0) is 0 Å². The Hall–Kier alpha value is -3.04. The van der Waals surface area contributed by atoms with Crippen molar-refractivity contribution in [1.82, 2.24) is 0 Å². The van der Waals surface area contributed by atoms with Gasteiger partial charge in [-0.1, -0.05) is 145 Å². The molecule has 0 nitrogen and oxygen atoms in total. The van der Waals surface area contributed by atoms with Gasteiger partial charge in [0.2, 0.25) is 0 Å². The average molecular weight is 597 g/mol. The second kappa shape index (κ2) is 18.5. The van der Waals surface area contributed by atoms with E-state index in [1.54, 1.807) is 13.8 Å². The summed E-state index contributed by atoms with van der Waals surface area (Å²) >= 11 is 5.92. The van der Waals surface area contributed by atoms with Crippen molar-refractivity contribution in [2.45, 2.75) is 92.9 Å². The first-order valence-electron chi connectivity index (χ1n) is 14.7. The second-order valence-corrected chi connectivity index (χ2v) is 12.2. The van der Waals surface area contributed by atoms with Gasteiger partial charge in [0.05, 0.1) is 0 Å². The maximum atomic E-state index is 12.6. The van der Waals surface area contributed by atoms with E-state index in [2.05, 4.69) is 110 Å². The Balaban J connectivity index is 0.000000281. The molecule has 4 aromatic carbocycles. The van der Waals surface area contributed by atoms with E-state index in [9.17, 15) is 13.2 Å². The fourth-order valence-electron chi connectivity index (χ4n) is 3.83. The van der Waals surface area contributed by atoms with Crippen LogP contribution in [0.2, 0.25) is 5.02 Å². The van der Waals surface area contributed by atoms with E-state index >= 15 is 0 Å².